The van der Waals surface area contributed by atoms with Crippen LogP contribution in [0.15, 0.2) is 42.5 Å². The van der Waals surface area contributed by atoms with Crippen molar-refractivity contribution in [1.82, 2.24) is 5.32 Å². The topological polar surface area (TPSA) is 50.7 Å². The molecule has 6 heteroatoms. The van der Waals surface area contributed by atoms with Crippen molar-refractivity contribution in [3.8, 4) is 11.5 Å². The second-order valence-electron chi connectivity index (χ2n) is 5.33. The Hall–Kier alpha value is -1.46. The third-order valence-corrected chi connectivity index (χ3v) is 3.79. The van der Waals surface area contributed by atoms with E-state index in [9.17, 15) is 5.11 Å². The second kappa shape index (κ2) is 11.2. The molecule has 0 saturated carbocycles. The molecule has 1 atom stereocenters. The lowest BCUT2D eigenvalue weighted by atomic mass is 10.1. The van der Waals surface area contributed by atoms with Crippen LogP contribution in [0.3, 0.4) is 0 Å². The van der Waals surface area contributed by atoms with Gasteiger partial charge in [0.05, 0.1) is 24.3 Å². The standard InChI is InChI=1S/C19H24ClNO3.ClH/c1-3-23-18-11-14(10-16(20)19(18)24-4-2)12-21-13-17(22)15-8-6-5-7-9-15;/h5-11,17,21-22H,3-4,12-13H2,1-2H3;1H. The van der Waals surface area contributed by atoms with E-state index in [1.807, 2.05) is 56.3 Å². The van der Waals surface area contributed by atoms with E-state index in [2.05, 4.69) is 5.32 Å². The van der Waals surface area contributed by atoms with E-state index in [1.54, 1.807) is 0 Å². The number of hydrogen-bond acceptors (Lipinski definition) is 4. The largest absolute Gasteiger partial charge is 0.490 e. The average Bonchev–Trinajstić information content (AvgIpc) is 2.59. The summed E-state index contributed by atoms with van der Waals surface area (Å²) in [5.74, 6) is 1.22. The van der Waals surface area contributed by atoms with Crippen LogP contribution >= 0.6 is 24.0 Å². The van der Waals surface area contributed by atoms with Crippen LogP contribution in [-0.2, 0) is 6.54 Å². The predicted octanol–water partition coefficient (Wildman–Crippen LogP) is 4.38. The molecule has 2 N–H and O–H groups in total. The highest BCUT2D eigenvalue weighted by Gasteiger charge is 2.13. The maximum absolute atomic E-state index is 10.2. The van der Waals surface area contributed by atoms with Crippen LogP contribution in [-0.4, -0.2) is 24.9 Å². The number of aliphatic hydroxyl groups is 1. The molecule has 0 fully saturated rings. The number of halogens is 2. The van der Waals surface area contributed by atoms with Crippen molar-refractivity contribution in [2.45, 2.75) is 26.5 Å². The van der Waals surface area contributed by atoms with Crippen LogP contribution in [0.1, 0.15) is 31.1 Å². The highest BCUT2D eigenvalue weighted by molar-refractivity contribution is 6.32. The van der Waals surface area contributed by atoms with Crippen LogP contribution in [0.5, 0.6) is 11.5 Å². The Labute approximate surface area is 160 Å². The van der Waals surface area contributed by atoms with Crippen molar-refractivity contribution in [3.63, 3.8) is 0 Å². The molecule has 0 saturated heterocycles. The summed E-state index contributed by atoms with van der Waals surface area (Å²) in [5.41, 5.74) is 1.87. The summed E-state index contributed by atoms with van der Waals surface area (Å²) in [6, 6.07) is 13.4. The smallest absolute Gasteiger partial charge is 0.179 e. The quantitative estimate of drug-likeness (QED) is 0.672. The van der Waals surface area contributed by atoms with Crippen LogP contribution in [0.4, 0.5) is 0 Å². The predicted molar refractivity (Wildman–Crippen MR) is 104 cm³/mol. The van der Waals surface area contributed by atoms with Gasteiger partial charge in [-0.05, 0) is 37.1 Å². The zero-order chi connectivity index (χ0) is 17.4. The van der Waals surface area contributed by atoms with Gasteiger partial charge >= 0.3 is 0 Å². The summed E-state index contributed by atoms with van der Waals surface area (Å²) < 4.78 is 11.2. The summed E-state index contributed by atoms with van der Waals surface area (Å²) in [5, 5.41) is 13.9. The van der Waals surface area contributed by atoms with Crippen molar-refractivity contribution in [3.05, 3.63) is 58.6 Å². The highest BCUT2D eigenvalue weighted by Crippen LogP contribution is 2.36. The summed E-state index contributed by atoms with van der Waals surface area (Å²) >= 11 is 6.30. The van der Waals surface area contributed by atoms with E-state index in [4.69, 9.17) is 21.1 Å². The molecule has 2 rings (SSSR count). The number of rotatable bonds is 9. The fourth-order valence-corrected chi connectivity index (χ4v) is 2.70. The molecule has 0 bridgehead atoms. The summed E-state index contributed by atoms with van der Waals surface area (Å²) in [7, 11) is 0. The number of nitrogens with one attached hydrogen (secondary N) is 1. The Morgan fingerprint density at radius 2 is 1.76 bits per heavy atom. The maximum Gasteiger partial charge on any atom is 0.179 e. The van der Waals surface area contributed by atoms with Crippen LogP contribution in [0.2, 0.25) is 5.02 Å². The molecule has 2 aromatic rings. The molecule has 1 unspecified atom stereocenters. The van der Waals surface area contributed by atoms with Gasteiger partial charge in [0.15, 0.2) is 11.5 Å². The Morgan fingerprint density at radius 3 is 2.40 bits per heavy atom. The maximum atomic E-state index is 10.2. The first-order valence-corrected chi connectivity index (χ1v) is 8.55. The minimum atomic E-state index is -0.546. The zero-order valence-corrected chi connectivity index (χ0v) is 16.1. The van der Waals surface area contributed by atoms with E-state index in [1.165, 1.54) is 0 Å². The summed E-state index contributed by atoms with van der Waals surface area (Å²) in [6.07, 6.45) is -0.546. The Balaban J connectivity index is 0.00000312. The van der Waals surface area contributed by atoms with E-state index in [-0.39, 0.29) is 12.4 Å². The molecule has 0 aliphatic heterocycles. The molecule has 0 amide bonds. The molecular weight excluding hydrogens is 361 g/mol. The number of ether oxygens (including phenoxy) is 2. The van der Waals surface area contributed by atoms with Crippen molar-refractivity contribution < 1.29 is 14.6 Å². The number of aliphatic hydroxyl groups excluding tert-OH is 1. The Kier molecular flexibility index (Phi) is 9.68. The van der Waals surface area contributed by atoms with Crippen LogP contribution in [0, 0.1) is 0 Å². The zero-order valence-electron chi connectivity index (χ0n) is 14.5. The van der Waals surface area contributed by atoms with Crippen LogP contribution < -0.4 is 14.8 Å². The minimum Gasteiger partial charge on any atom is -0.490 e. The van der Waals surface area contributed by atoms with Crippen molar-refractivity contribution in [2.24, 2.45) is 0 Å². The molecule has 0 aliphatic rings. The first kappa shape index (κ1) is 21.6. The van der Waals surface area contributed by atoms with Gasteiger partial charge in [0, 0.05) is 13.1 Å². The van der Waals surface area contributed by atoms with Crippen LogP contribution in [0.25, 0.3) is 0 Å². The lowest BCUT2D eigenvalue weighted by Crippen LogP contribution is -2.21. The number of hydrogen-bond donors (Lipinski definition) is 2. The van der Waals surface area contributed by atoms with Crippen molar-refractivity contribution in [2.75, 3.05) is 19.8 Å². The van der Waals surface area contributed by atoms with E-state index in [0.717, 1.165) is 11.1 Å². The SMILES string of the molecule is CCOc1cc(CNCC(O)c2ccccc2)cc(Cl)c1OCC.Cl. The fourth-order valence-electron chi connectivity index (χ4n) is 2.42. The van der Waals surface area contributed by atoms with Gasteiger partial charge in [-0.3, -0.25) is 0 Å². The van der Waals surface area contributed by atoms with E-state index < -0.39 is 6.10 Å². The molecule has 0 spiro atoms. The minimum absolute atomic E-state index is 0. The first-order chi connectivity index (χ1) is 11.7. The van der Waals surface area contributed by atoms with Crippen molar-refractivity contribution >= 4 is 24.0 Å². The van der Waals surface area contributed by atoms with Gasteiger partial charge in [-0.15, -0.1) is 12.4 Å². The monoisotopic (exact) mass is 385 g/mol. The van der Waals surface area contributed by atoms with Gasteiger partial charge in [-0.2, -0.15) is 0 Å². The van der Waals surface area contributed by atoms with Gasteiger partial charge in [0.2, 0.25) is 0 Å². The van der Waals surface area contributed by atoms with E-state index in [0.29, 0.717) is 42.8 Å². The average molecular weight is 386 g/mol. The molecule has 0 aliphatic carbocycles. The molecule has 0 radical (unpaired) electrons. The van der Waals surface area contributed by atoms with E-state index >= 15 is 0 Å². The molecule has 138 valence electrons. The van der Waals surface area contributed by atoms with Gasteiger partial charge in [0.1, 0.15) is 0 Å². The molecule has 0 heterocycles. The summed E-state index contributed by atoms with van der Waals surface area (Å²) in [6.45, 7) is 5.94. The molecule has 25 heavy (non-hydrogen) atoms. The van der Waals surface area contributed by atoms with Gasteiger partial charge in [0.25, 0.3) is 0 Å². The normalized spacial score (nSPS) is 11.5. The summed E-state index contributed by atoms with van der Waals surface area (Å²) in [4.78, 5) is 0. The highest BCUT2D eigenvalue weighted by atomic mass is 35.5. The Bertz CT molecular complexity index is 638. The van der Waals surface area contributed by atoms with Crippen molar-refractivity contribution in [1.29, 1.82) is 0 Å². The van der Waals surface area contributed by atoms with Gasteiger partial charge < -0.3 is 19.9 Å². The lowest BCUT2D eigenvalue weighted by Gasteiger charge is -2.16. The molecule has 2 aromatic carbocycles. The lowest BCUT2D eigenvalue weighted by molar-refractivity contribution is 0.174. The van der Waals surface area contributed by atoms with Gasteiger partial charge in [-0.25, -0.2) is 0 Å². The number of benzene rings is 2. The third-order valence-electron chi connectivity index (χ3n) is 3.51. The molecular formula is C19H25Cl2NO3. The second-order valence-corrected chi connectivity index (χ2v) is 5.74. The van der Waals surface area contributed by atoms with Gasteiger partial charge in [-0.1, -0.05) is 41.9 Å². The Morgan fingerprint density at radius 1 is 1.08 bits per heavy atom. The third kappa shape index (κ3) is 6.40. The fraction of sp³-hybridized carbons (Fsp3) is 0.368. The molecule has 0 aromatic heterocycles. The first-order valence-electron chi connectivity index (χ1n) is 8.17. The molecule has 4 nitrogen and oxygen atoms in total.